The van der Waals surface area contributed by atoms with Crippen LogP contribution in [0.5, 0.6) is 0 Å². The van der Waals surface area contributed by atoms with Gasteiger partial charge in [0.25, 0.3) is 0 Å². The van der Waals surface area contributed by atoms with Gasteiger partial charge < -0.3 is 15.5 Å². The van der Waals surface area contributed by atoms with Crippen LogP contribution in [0.4, 0.5) is 11.5 Å². The minimum absolute atomic E-state index is 0.0449. The summed E-state index contributed by atoms with van der Waals surface area (Å²) in [5.74, 6) is 1.09. The molecule has 1 fully saturated rings. The van der Waals surface area contributed by atoms with E-state index in [0.717, 1.165) is 30.2 Å². The van der Waals surface area contributed by atoms with Crippen LogP contribution in [0.3, 0.4) is 0 Å². The van der Waals surface area contributed by atoms with Crippen molar-refractivity contribution < 1.29 is 4.79 Å². The number of piperidine rings is 1. The highest BCUT2D eigenvalue weighted by Crippen LogP contribution is 2.17. The van der Waals surface area contributed by atoms with Gasteiger partial charge in [0.15, 0.2) is 0 Å². The van der Waals surface area contributed by atoms with Gasteiger partial charge in [0.1, 0.15) is 5.82 Å². The van der Waals surface area contributed by atoms with Crippen LogP contribution in [-0.4, -0.2) is 30.5 Å². The average Bonchev–Trinajstić information content (AvgIpc) is 2.68. The van der Waals surface area contributed by atoms with Crippen LogP contribution in [-0.2, 0) is 11.3 Å². The zero-order valence-electron chi connectivity index (χ0n) is 14.6. The Morgan fingerprint density at radius 2 is 1.84 bits per heavy atom. The summed E-state index contributed by atoms with van der Waals surface area (Å²) in [6, 6.07) is 14.0. The predicted octanol–water partition coefficient (Wildman–Crippen LogP) is 3.19. The first kappa shape index (κ1) is 17.3. The van der Waals surface area contributed by atoms with E-state index in [1.165, 1.54) is 19.3 Å². The number of hydrogen-bond donors (Lipinski definition) is 2. The highest BCUT2D eigenvalue weighted by Gasteiger charge is 2.11. The van der Waals surface area contributed by atoms with Crippen molar-refractivity contribution in [1.29, 1.82) is 0 Å². The number of rotatable bonds is 7. The Hall–Kier alpha value is -2.56. The van der Waals surface area contributed by atoms with Gasteiger partial charge in [-0.2, -0.15) is 0 Å². The monoisotopic (exact) mass is 338 g/mol. The normalized spacial score (nSPS) is 14.2. The second-order valence-electron chi connectivity index (χ2n) is 6.39. The average molecular weight is 338 g/mol. The lowest BCUT2D eigenvalue weighted by Crippen LogP contribution is -2.30. The molecule has 2 heterocycles. The van der Waals surface area contributed by atoms with E-state index in [4.69, 9.17) is 0 Å². The van der Waals surface area contributed by atoms with Crippen LogP contribution in [0, 0.1) is 0 Å². The highest BCUT2D eigenvalue weighted by atomic mass is 16.1. The van der Waals surface area contributed by atoms with Crippen LogP contribution in [0.15, 0.2) is 48.7 Å². The number of hydrogen-bond acceptors (Lipinski definition) is 4. The van der Waals surface area contributed by atoms with Gasteiger partial charge in [0, 0.05) is 44.5 Å². The van der Waals surface area contributed by atoms with Crippen LogP contribution < -0.4 is 15.5 Å². The molecule has 0 bridgehead atoms. The fourth-order valence-electron chi connectivity index (χ4n) is 3.00. The largest absolute Gasteiger partial charge is 0.385 e. The Morgan fingerprint density at radius 3 is 2.56 bits per heavy atom. The molecule has 0 spiro atoms. The molecule has 25 heavy (non-hydrogen) atoms. The Labute approximate surface area is 149 Å². The number of para-hydroxylation sites is 1. The first-order chi connectivity index (χ1) is 12.3. The number of aromatic nitrogens is 1. The van der Waals surface area contributed by atoms with Crippen LogP contribution in [0.1, 0.15) is 31.2 Å². The molecule has 0 unspecified atom stereocenters. The molecule has 5 nitrogen and oxygen atoms in total. The van der Waals surface area contributed by atoms with Crippen molar-refractivity contribution in [2.24, 2.45) is 0 Å². The van der Waals surface area contributed by atoms with Crippen molar-refractivity contribution in [3.05, 3.63) is 54.2 Å². The van der Waals surface area contributed by atoms with E-state index >= 15 is 0 Å². The molecule has 3 rings (SSSR count). The van der Waals surface area contributed by atoms with Crippen molar-refractivity contribution in [3.8, 4) is 0 Å². The highest BCUT2D eigenvalue weighted by molar-refractivity contribution is 5.76. The van der Waals surface area contributed by atoms with Gasteiger partial charge in [0.2, 0.25) is 5.91 Å². The molecule has 1 aliphatic rings. The molecule has 1 aromatic heterocycles. The maximum atomic E-state index is 11.9. The van der Waals surface area contributed by atoms with E-state index in [9.17, 15) is 4.79 Å². The lowest BCUT2D eigenvalue weighted by atomic mass is 10.1. The van der Waals surface area contributed by atoms with Crippen LogP contribution in [0.2, 0.25) is 0 Å². The summed E-state index contributed by atoms with van der Waals surface area (Å²) in [6.45, 7) is 3.34. The van der Waals surface area contributed by atoms with Crippen LogP contribution >= 0.6 is 0 Å². The summed E-state index contributed by atoms with van der Waals surface area (Å²) in [6.07, 6.45) is 6.13. The summed E-state index contributed by atoms with van der Waals surface area (Å²) in [5.41, 5.74) is 2.07. The third kappa shape index (κ3) is 5.48. The number of anilines is 2. The minimum Gasteiger partial charge on any atom is -0.385 e. The maximum Gasteiger partial charge on any atom is 0.222 e. The molecular weight excluding hydrogens is 312 g/mol. The van der Waals surface area contributed by atoms with Gasteiger partial charge >= 0.3 is 0 Å². The van der Waals surface area contributed by atoms with E-state index in [2.05, 4.69) is 32.7 Å². The SMILES string of the molecule is O=C(CCNc1ccccc1)NCc1ccc(N2CCCCC2)nc1. The third-order valence-electron chi connectivity index (χ3n) is 4.43. The molecule has 2 aromatic rings. The van der Waals surface area contributed by atoms with Crippen molar-refractivity contribution in [2.75, 3.05) is 29.9 Å². The summed E-state index contributed by atoms with van der Waals surface area (Å²) >= 11 is 0. The van der Waals surface area contributed by atoms with Gasteiger partial charge in [-0.1, -0.05) is 24.3 Å². The lowest BCUT2D eigenvalue weighted by Gasteiger charge is -2.27. The van der Waals surface area contributed by atoms with E-state index in [-0.39, 0.29) is 5.91 Å². The molecule has 1 aliphatic heterocycles. The zero-order chi connectivity index (χ0) is 17.3. The molecule has 2 N–H and O–H groups in total. The molecule has 132 valence electrons. The van der Waals surface area contributed by atoms with Gasteiger partial charge in [-0.05, 0) is 43.0 Å². The number of pyridine rings is 1. The van der Waals surface area contributed by atoms with Gasteiger partial charge in [-0.15, -0.1) is 0 Å². The molecule has 0 atom stereocenters. The second-order valence-corrected chi connectivity index (χ2v) is 6.39. The minimum atomic E-state index is 0.0449. The van der Waals surface area contributed by atoms with Crippen molar-refractivity contribution in [3.63, 3.8) is 0 Å². The predicted molar refractivity (Wildman–Crippen MR) is 102 cm³/mol. The lowest BCUT2D eigenvalue weighted by molar-refractivity contribution is -0.121. The van der Waals surface area contributed by atoms with E-state index in [0.29, 0.717) is 19.5 Å². The zero-order valence-corrected chi connectivity index (χ0v) is 14.6. The number of carbonyl (C=O) groups excluding carboxylic acids is 1. The fourth-order valence-corrected chi connectivity index (χ4v) is 3.00. The summed E-state index contributed by atoms with van der Waals surface area (Å²) in [4.78, 5) is 18.8. The maximum absolute atomic E-state index is 11.9. The number of benzene rings is 1. The summed E-state index contributed by atoms with van der Waals surface area (Å²) in [5, 5.41) is 6.19. The quantitative estimate of drug-likeness (QED) is 0.814. The molecule has 5 heteroatoms. The standard InChI is InChI=1S/C20H26N4O/c25-20(11-12-21-18-7-3-1-4-8-18)23-16-17-9-10-19(22-15-17)24-13-5-2-6-14-24/h1,3-4,7-10,15,21H,2,5-6,11-14,16H2,(H,23,25). The van der Waals surface area contributed by atoms with Gasteiger partial charge in [-0.3, -0.25) is 4.79 Å². The number of carbonyl (C=O) groups is 1. The van der Waals surface area contributed by atoms with Gasteiger partial charge in [-0.25, -0.2) is 4.98 Å². The Morgan fingerprint density at radius 1 is 1.04 bits per heavy atom. The molecule has 1 saturated heterocycles. The first-order valence-corrected chi connectivity index (χ1v) is 9.07. The molecular formula is C20H26N4O. The van der Waals surface area contributed by atoms with Crippen molar-refractivity contribution in [1.82, 2.24) is 10.3 Å². The molecule has 0 radical (unpaired) electrons. The first-order valence-electron chi connectivity index (χ1n) is 9.07. The number of amides is 1. The van der Waals surface area contributed by atoms with Crippen molar-refractivity contribution >= 4 is 17.4 Å². The van der Waals surface area contributed by atoms with Gasteiger partial charge in [0.05, 0.1) is 0 Å². The van der Waals surface area contributed by atoms with E-state index < -0.39 is 0 Å². The third-order valence-corrected chi connectivity index (χ3v) is 4.43. The second kappa shape index (κ2) is 9.06. The van der Waals surface area contributed by atoms with E-state index in [1.807, 2.05) is 36.5 Å². The topological polar surface area (TPSA) is 57.3 Å². The van der Waals surface area contributed by atoms with E-state index in [1.54, 1.807) is 0 Å². The molecule has 1 aromatic carbocycles. The fraction of sp³-hybridized carbons (Fsp3) is 0.400. The Bertz CT molecular complexity index is 651. The number of nitrogens with zero attached hydrogens (tertiary/aromatic N) is 2. The summed E-state index contributed by atoms with van der Waals surface area (Å²) in [7, 11) is 0. The number of nitrogens with one attached hydrogen (secondary N) is 2. The van der Waals surface area contributed by atoms with Crippen molar-refractivity contribution in [2.45, 2.75) is 32.2 Å². The molecule has 0 saturated carbocycles. The smallest absolute Gasteiger partial charge is 0.222 e. The summed E-state index contributed by atoms with van der Waals surface area (Å²) < 4.78 is 0. The van der Waals surface area contributed by atoms with Crippen LogP contribution in [0.25, 0.3) is 0 Å². The Balaban J connectivity index is 1.38. The molecule has 0 aliphatic carbocycles. The molecule has 1 amide bonds. The Kier molecular flexibility index (Phi) is 6.26.